The van der Waals surface area contributed by atoms with Crippen molar-refractivity contribution in [2.75, 3.05) is 4.72 Å². The lowest BCUT2D eigenvalue weighted by Crippen LogP contribution is -2.25. The Hall–Kier alpha value is -1.88. The maximum Gasteiger partial charge on any atom is 0.235 e. The molecule has 3 rings (SSSR count). The molecule has 4 nitrogen and oxygen atoms in total. The molecular weight excluding hydrogens is 286 g/mol. The zero-order chi connectivity index (χ0) is 14.9. The molecule has 2 aromatic rings. The summed E-state index contributed by atoms with van der Waals surface area (Å²) in [6.45, 7) is 0. The average molecular weight is 303 g/mol. The second-order valence-electron chi connectivity index (χ2n) is 5.42. The van der Waals surface area contributed by atoms with E-state index in [2.05, 4.69) is 4.72 Å². The van der Waals surface area contributed by atoms with E-state index in [0.29, 0.717) is 11.3 Å². The Morgan fingerprint density at radius 1 is 1.00 bits per heavy atom. The molecule has 1 aliphatic carbocycles. The minimum absolute atomic E-state index is 0.304. The van der Waals surface area contributed by atoms with E-state index >= 15 is 0 Å². The minimum Gasteiger partial charge on any atom is -0.298 e. The summed E-state index contributed by atoms with van der Waals surface area (Å²) in [4.78, 5) is 11.1. The summed E-state index contributed by atoms with van der Waals surface area (Å²) in [5.74, 6) is 0. The highest BCUT2D eigenvalue weighted by molar-refractivity contribution is 7.93. The first-order chi connectivity index (χ1) is 10.1. The van der Waals surface area contributed by atoms with Crippen LogP contribution in [0.4, 0.5) is 5.69 Å². The summed E-state index contributed by atoms with van der Waals surface area (Å²) < 4.78 is 27.6. The standard InChI is InChI=1S/C16H17NO3S/c18-11-12-9-10-16(15-8-4-3-7-14(12)15)17-21(19,20)13-5-1-2-6-13/h3-4,7-11,13,17H,1-2,5-6H2. The maximum atomic E-state index is 12.4. The van der Waals surface area contributed by atoms with Crippen LogP contribution in [-0.4, -0.2) is 20.0 Å². The van der Waals surface area contributed by atoms with Gasteiger partial charge in [0.2, 0.25) is 10.0 Å². The molecule has 5 heteroatoms. The first-order valence-corrected chi connectivity index (χ1v) is 8.65. The molecule has 0 aromatic heterocycles. The predicted molar refractivity (Wildman–Crippen MR) is 84.1 cm³/mol. The maximum absolute atomic E-state index is 12.4. The Balaban J connectivity index is 2.03. The third kappa shape index (κ3) is 2.65. The van der Waals surface area contributed by atoms with Gasteiger partial charge < -0.3 is 0 Å². The van der Waals surface area contributed by atoms with E-state index in [4.69, 9.17) is 0 Å². The number of benzene rings is 2. The summed E-state index contributed by atoms with van der Waals surface area (Å²) in [7, 11) is -3.36. The number of nitrogens with one attached hydrogen (secondary N) is 1. The van der Waals surface area contributed by atoms with Crippen LogP contribution in [0, 0.1) is 0 Å². The lowest BCUT2D eigenvalue weighted by Gasteiger charge is -2.15. The fourth-order valence-corrected chi connectivity index (χ4v) is 4.55. The van der Waals surface area contributed by atoms with Gasteiger partial charge in [-0.25, -0.2) is 8.42 Å². The zero-order valence-electron chi connectivity index (χ0n) is 11.6. The highest BCUT2D eigenvalue weighted by atomic mass is 32.2. The first kappa shape index (κ1) is 14.1. The molecule has 0 spiro atoms. The lowest BCUT2D eigenvalue weighted by molar-refractivity contribution is 0.112. The largest absolute Gasteiger partial charge is 0.298 e. The van der Waals surface area contributed by atoms with E-state index in [1.54, 1.807) is 12.1 Å². The van der Waals surface area contributed by atoms with E-state index < -0.39 is 10.0 Å². The molecule has 0 amide bonds. The second-order valence-corrected chi connectivity index (χ2v) is 7.38. The van der Waals surface area contributed by atoms with Crippen molar-refractivity contribution in [1.29, 1.82) is 0 Å². The van der Waals surface area contributed by atoms with Crippen LogP contribution in [0.25, 0.3) is 10.8 Å². The van der Waals surface area contributed by atoms with Crippen molar-refractivity contribution >= 4 is 32.8 Å². The quantitative estimate of drug-likeness (QED) is 0.881. The molecule has 2 aromatic carbocycles. The number of hydrogen-bond donors (Lipinski definition) is 1. The normalized spacial score (nSPS) is 16.2. The summed E-state index contributed by atoms with van der Waals surface area (Å²) in [6.07, 6.45) is 4.17. The Bertz CT molecular complexity index is 777. The summed E-state index contributed by atoms with van der Waals surface area (Å²) in [6, 6.07) is 10.6. The Morgan fingerprint density at radius 2 is 1.67 bits per heavy atom. The molecule has 0 saturated heterocycles. The number of hydrogen-bond acceptors (Lipinski definition) is 3. The summed E-state index contributed by atoms with van der Waals surface area (Å²) >= 11 is 0. The molecule has 110 valence electrons. The molecular formula is C16H17NO3S. The van der Waals surface area contributed by atoms with Crippen LogP contribution in [0.1, 0.15) is 36.0 Å². The SMILES string of the molecule is O=Cc1ccc(NS(=O)(=O)C2CCCC2)c2ccccc12. The molecule has 0 unspecified atom stereocenters. The fraction of sp³-hybridized carbons (Fsp3) is 0.312. The number of carbonyl (C=O) groups excluding carboxylic acids is 1. The number of sulfonamides is 1. The van der Waals surface area contributed by atoms with Gasteiger partial charge in [0.05, 0.1) is 10.9 Å². The fourth-order valence-electron chi connectivity index (χ4n) is 2.95. The number of aldehydes is 1. The average Bonchev–Trinajstić information content (AvgIpc) is 3.02. The Labute approximate surface area is 124 Å². The third-order valence-corrected chi connectivity index (χ3v) is 5.93. The number of fused-ring (bicyclic) bond motifs is 1. The number of rotatable bonds is 4. The van der Waals surface area contributed by atoms with Crippen LogP contribution >= 0.6 is 0 Å². The van der Waals surface area contributed by atoms with Crippen molar-refractivity contribution in [3.8, 4) is 0 Å². The monoisotopic (exact) mass is 303 g/mol. The van der Waals surface area contributed by atoms with E-state index in [9.17, 15) is 13.2 Å². The number of carbonyl (C=O) groups is 1. The molecule has 0 bridgehead atoms. The van der Waals surface area contributed by atoms with Crippen molar-refractivity contribution in [2.45, 2.75) is 30.9 Å². The molecule has 0 radical (unpaired) electrons. The van der Waals surface area contributed by atoms with Gasteiger partial charge in [-0.1, -0.05) is 37.1 Å². The first-order valence-electron chi connectivity index (χ1n) is 7.10. The van der Waals surface area contributed by atoms with E-state index in [1.807, 2.05) is 24.3 Å². The van der Waals surface area contributed by atoms with Gasteiger partial charge in [-0.3, -0.25) is 9.52 Å². The van der Waals surface area contributed by atoms with Crippen molar-refractivity contribution in [2.24, 2.45) is 0 Å². The van der Waals surface area contributed by atoms with Crippen LogP contribution in [0.5, 0.6) is 0 Å². The van der Waals surface area contributed by atoms with Gasteiger partial charge >= 0.3 is 0 Å². The molecule has 21 heavy (non-hydrogen) atoms. The molecule has 1 saturated carbocycles. The predicted octanol–water partition coefficient (Wildman–Crippen LogP) is 3.34. The van der Waals surface area contributed by atoms with Crippen LogP contribution in [0.2, 0.25) is 0 Å². The van der Waals surface area contributed by atoms with Gasteiger partial charge in [0.15, 0.2) is 6.29 Å². The zero-order valence-corrected chi connectivity index (χ0v) is 12.4. The topological polar surface area (TPSA) is 63.2 Å². The molecule has 0 atom stereocenters. The van der Waals surface area contributed by atoms with E-state index in [-0.39, 0.29) is 5.25 Å². The molecule has 1 N–H and O–H groups in total. The van der Waals surface area contributed by atoms with Crippen molar-refractivity contribution in [3.63, 3.8) is 0 Å². The molecule has 1 aliphatic rings. The summed E-state index contributed by atoms with van der Waals surface area (Å²) in [5.41, 5.74) is 1.11. The van der Waals surface area contributed by atoms with Crippen molar-refractivity contribution in [1.82, 2.24) is 0 Å². The van der Waals surface area contributed by atoms with Gasteiger partial charge in [-0.15, -0.1) is 0 Å². The molecule has 0 aliphatic heterocycles. The Morgan fingerprint density at radius 3 is 2.33 bits per heavy atom. The van der Waals surface area contributed by atoms with Gasteiger partial charge in [0.25, 0.3) is 0 Å². The van der Waals surface area contributed by atoms with E-state index in [0.717, 1.165) is 42.7 Å². The molecule has 0 heterocycles. The highest BCUT2D eigenvalue weighted by Gasteiger charge is 2.29. The van der Waals surface area contributed by atoms with Gasteiger partial charge in [-0.05, 0) is 30.4 Å². The van der Waals surface area contributed by atoms with Gasteiger partial charge in [0, 0.05) is 10.9 Å². The Kier molecular flexibility index (Phi) is 3.68. The lowest BCUT2D eigenvalue weighted by atomic mass is 10.0. The highest BCUT2D eigenvalue weighted by Crippen LogP contribution is 2.30. The van der Waals surface area contributed by atoms with Crippen LogP contribution < -0.4 is 4.72 Å². The minimum atomic E-state index is -3.36. The summed E-state index contributed by atoms with van der Waals surface area (Å²) in [5, 5.41) is 1.21. The third-order valence-electron chi connectivity index (χ3n) is 4.08. The van der Waals surface area contributed by atoms with Crippen molar-refractivity contribution < 1.29 is 13.2 Å². The van der Waals surface area contributed by atoms with E-state index in [1.165, 1.54) is 0 Å². The number of anilines is 1. The van der Waals surface area contributed by atoms with Gasteiger partial charge in [0.1, 0.15) is 0 Å². The van der Waals surface area contributed by atoms with Crippen LogP contribution in [0.15, 0.2) is 36.4 Å². The smallest absolute Gasteiger partial charge is 0.235 e. The van der Waals surface area contributed by atoms with Crippen molar-refractivity contribution in [3.05, 3.63) is 42.0 Å². The van der Waals surface area contributed by atoms with Gasteiger partial charge in [-0.2, -0.15) is 0 Å². The van der Waals surface area contributed by atoms with Crippen LogP contribution in [-0.2, 0) is 10.0 Å². The molecule has 1 fully saturated rings. The van der Waals surface area contributed by atoms with Crippen LogP contribution in [0.3, 0.4) is 0 Å². The second kappa shape index (κ2) is 5.48.